The first kappa shape index (κ1) is 22.8. The molecule has 6 nitrogen and oxygen atoms in total. The van der Waals surface area contributed by atoms with Gasteiger partial charge in [-0.15, -0.1) is 5.10 Å². The van der Waals surface area contributed by atoms with Crippen molar-refractivity contribution >= 4 is 29.5 Å². The van der Waals surface area contributed by atoms with Gasteiger partial charge in [-0.3, -0.25) is 9.55 Å². The lowest BCUT2D eigenvalue weighted by molar-refractivity contribution is -0.924. The summed E-state index contributed by atoms with van der Waals surface area (Å²) in [6.07, 6.45) is 3.62. The highest BCUT2D eigenvalue weighted by Crippen LogP contribution is 2.26. The predicted molar refractivity (Wildman–Crippen MR) is 139 cm³/mol. The van der Waals surface area contributed by atoms with Crippen LogP contribution in [0.5, 0.6) is 0 Å². The number of nitrogens with zero attached hydrogens (tertiary/aromatic N) is 5. The number of aromatic nitrogens is 4. The monoisotopic (exact) mass is 491 g/mol. The van der Waals surface area contributed by atoms with Gasteiger partial charge >= 0.3 is 0 Å². The molecule has 2 aromatic carbocycles. The number of para-hydroxylation sites is 1. The molecule has 0 saturated carbocycles. The van der Waals surface area contributed by atoms with Gasteiger partial charge in [-0.2, -0.15) is 4.68 Å². The fourth-order valence-electron chi connectivity index (χ4n) is 4.61. The fourth-order valence-corrected chi connectivity index (χ4v) is 5.15. The third kappa shape index (κ3) is 4.51. The number of aryl methyl sites for hydroxylation is 2. The van der Waals surface area contributed by atoms with E-state index in [9.17, 15) is 0 Å². The second-order valence-corrected chi connectivity index (χ2v) is 9.59. The standard InChI is InChI=1S/C26H27ClN6S/c1-19-9-10-23(20(2)16-19)33-25(21-6-5-11-28-17-21)29-32(26(33)34)18-30-12-14-31(15-13-30)24-8-4-3-7-22(24)27/h3-11,16-17H,12-15,18H2,1-2H3/p+1. The summed E-state index contributed by atoms with van der Waals surface area (Å²) in [4.78, 5) is 8.12. The summed E-state index contributed by atoms with van der Waals surface area (Å²) in [5, 5.41) is 5.79. The number of hydrogen-bond acceptors (Lipinski definition) is 4. The van der Waals surface area contributed by atoms with Crippen molar-refractivity contribution in [3.8, 4) is 17.1 Å². The summed E-state index contributed by atoms with van der Waals surface area (Å²) < 4.78 is 4.75. The molecule has 3 heterocycles. The molecular weight excluding hydrogens is 464 g/mol. The highest BCUT2D eigenvalue weighted by Gasteiger charge is 2.24. The molecule has 34 heavy (non-hydrogen) atoms. The third-order valence-electron chi connectivity index (χ3n) is 6.39. The van der Waals surface area contributed by atoms with Crippen LogP contribution >= 0.6 is 23.8 Å². The average Bonchev–Trinajstić information content (AvgIpc) is 3.16. The zero-order valence-electron chi connectivity index (χ0n) is 19.4. The van der Waals surface area contributed by atoms with E-state index in [-0.39, 0.29) is 0 Å². The maximum Gasteiger partial charge on any atom is 0.207 e. The molecule has 1 aliphatic heterocycles. The Bertz CT molecular complexity index is 1360. The molecule has 8 heteroatoms. The number of halogens is 1. The summed E-state index contributed by atoms with van der Waals surface area (Å²) in [5.74, 6) is 0.819. The summed E-state index contributed by atoms with van der Waals surface area (Å²) in [6.45, 7) is 8.82. The molecule has 0 aliphatic carbocycles. The van der Waals surface area contributed by atoms with Gasteiger partial charge in [0.25, 0.3) is 0 Å². The van der Waals surface area contributed by atoms with Gasteiger partial charge < -0.3 is 9.80 Å². The number of nitrogens with one attached hydrogen (secondary N) is 1. The van der Waals surface area contributed by atoms with Crippen LogP contribution in [-0.2, 0) is 6.67 Å². The quantitative estimate of drug-likeness (QED) is 0.427. The minimum absolute atomic E-state index is 0.701. The fraction of sp³-hybridized carbons (Fsp3) is 0.269. The summed E-state index contributed by atoms with van der Waals surface area (Å²) in [5.41, 5.74) is 5.51. The second kappa shape index (κ2) is 9.70. The first-order valence-corrected chi connectivity index (χ1v) is 12.3. The van der Waals surface area contributed by atoms with Crippen molar-refractivity contribution in [2.75, 3.05) is 31.1 Å². The minimum Gasteiger partial charge on any atom is -0.359 e. The van der Waals surface area contributed by atoms with E-state index in [1.807, 2.05) is 41.2 Å². The van der Waals surface area contributed by atoms with Crippen molar-refractivity contribution in [3.05, 3.63) is 87.9 Å². The Hall–Kier alpha value is -3.00. The third-order valence-corrected chi connectivity index (χ3v) is 7.10. The Balaban J connectivity index is 1.43. The normalized spacial score (nSPS) is 14.5. The topological polar surface area (TPSA) is 43.3 Å². The lowest BCUT2D eigenvalue weighted by Gasteiger charge is -2.33. The van der Waals surface area contributed by atoms with Gasteiger partial charge in [0.15, 0.2) is 12.5 Å². The Labute approximate surface area is 210 Å². The first-order chi connectivity index (χ1) is 16.5. The molecule has 2 aromatic heterocycles. The van der Waals surface area contributed by atoms with Crippen molar-refractivity contribution in [2.24, 2.45) is 0 Å². The molecular formula is C26H28ClN6S+. The highest BCUT2D eigenvalue weighted by molar-refractivity contribution is 7.71. The Morgan fingerprint density at radius 1 is 1.00 bits per heavy atom. The number of rotatable bonds is 5. The van der Waals surface area contributed by atoms with Crippen LogP contribution in [0.1, 0.15) is 11.1 Å². The molecule has 0 radical (unpaired) electrons. The minimum atomic E-state index is 0.701. The zero-order chi connectivity index (χ0) is 23.7. The van der Waals surface area contributed by atoms with Crippen LogP contribution < -0.4 is 9.80 Å². The van der Waals surface area contributed by atoms with Crippen molar-refractivity contribution in [3.63, 3.8) is 0 Å². The second-order valence-electron chi connectivity index (χ2n) is 8.82. The summed E-state index contributed by atoms with van der Waals surface area (Å²) in [7, 11) is 0. The van der Waals surface area contributed by atoms with Crippen LogP contribution in [0.25, 0.3) is 17.1 Å². The number of benzene rings is 2. The molecule has 1 aliphatic rings. The van der Waals surface area contributed by atoms with E-state index >= 15 is 0 Å². The maximum absolute atomic E-state index is 6.42. The van der Waals surface area contributed by atoms with Gasteiger partial charge in [-0.1, -0.05) is 41.4 Å². The van der Waals surface area contributed by atoms with Gasteiger partial charge in [-0.05, 0) is 62.0 Å². The van der Waals surface area contributed by atoms with Gasteiger partial charge in [0.1, 0.15) is 0 Å². The maximum atomic E-state index is 6.42. The Morgan fingerprint density at radius 2 is 1.79 bits per heavy atom. The molecule has 0 atom stereocenters. The SMILES string of the molecule is Cc1ccc(-n2c(-c3cccnc3)nn(C[NH+]3CCN(c4ccccc4Cl)CC3)c2=S)c(C)c1. The molecule has 5 rings (SSSR count). The summed E-state index contributed by atoms with van der Waals surface area (Å²) >= 11 is 12.4. The number of hydrogen-bond donors (Lipinski definition) is 1. The van der Waals surface area contributed by atoms with E-state index in [4.69, 9.17) is 28.9 Å². The van der Waals surface area contributed by atoms with Crippen LogP contribution in [0.2, 0.25) is 5.02 Å². The van der Waals surface area contributed by atoms with Crippen molar-refractivity contribution in [2.45, 2.75) is 20.5 Å². The number of anilines is 1. The molecule has 0 amide bonds. The molecule has 0 bridgehead atoms. The average molecular weight is 492 g/mol. The largest absolute Gasteiger partial charge is 0.359 e. The lowest BCUT2D eigenvalue weighted by atomic mass is 10.1. The van der Waals surface area contributed by atoms with Gasteiger partial charge in [0, 0.05) is 18.0 Å². The van der Waals surface area contributed by atoms with Crippen LogP contribution in [0, 0.1) is 18.6 Å². The zero-order valence-corrected chi connectivity index (χ0v) is 21.0. The van der Waals surface area contributed by atoms with E-state index in [0.717, 1.165) is 60.6 Å². The highest BCUT2D eigenvalue weighted by atomic mass is 35.5. The number of quaternary nitrogens is 1. The smallest absolute Gasteiger partial charge is 0.207 e. The lowest BCUT2D eigenvalue weighted by Crippen LogP contribution is -3.14. The van der Waals surface area contributed by atoms with Gasteiger partial charge in [0.2, 0.25) is 4.77 Å². The molecule has 0 unspecified atom stereocenters. The Kier molecular flexibility index (Phi) is 6.50. The van der Waals surface area contributed by atoms with Crippen molar-refractivity contribution < 1.29 is 4.90 Å². The summed E-state index contributed by atoms with van der Waals surface area (Å²) in [6, 6.07) is 18.5. The predicted octanol–water partition coefficient (Wildman–Crippen LogP) is 4.10. The molecule has 174 valence electrons. The van der Waals surface area contributed by atoms with E-state index in [1.54, 1.807) is 6.20 Å². The molecule has 1 N–H and O–H groups in total. The van der Waals surface area contributed by atoms with E-state index < -0.39 is 0 Å². The molecule has 0 spiro atoms. The van der Waals surface area contributed by atoms with E-state index in [2.05, 4.69) is 52.6 Å². The Morgan fingerprint density at radius 3 is 2.50 bits per heavy atom. The van der Waals surface area contributed by atoms with Crippen LogP contribution in [-0.4, -0.2) is 45.5 Å². The number of pyridine rings is 1. The van der Waals surface area contributed by atoms with Gasteiger partial charge in [-0.25, -0.2) is 0 Å². The van der Waals surface area contributed by atoms with Crippen molar-refractivity contribution in [1.82, 2.24) is 19.3 Å². The first-order valence-electron chi connectivity index (χ1n) is 11.5. The molecule has 4 aromatic rings. The van der Waals surface area contributed by atoms with E-state index in [0.29, 0.717) is 4.77 Å². The number of piperazine rings is 1. The van der Waals surface area contributed by atoms with Crippen LogP contribution in [0.15, 0.2) is 67.0 Å². The molecule has 1 fully saturated rings. The van der Waals surface area contributed by atoms with Crippen LogP contribution in [0.4, 0.5) is 5.69 Å². The van der Waals surface area contributed by atoms with E-state index in [1.165, 1.54) is 16.0 Å². The molecule has 1 saturated heterocycles. The van der Waals surface area contributed by atoms with Crippen molar-refractivity contribution in [1.29, 1.82) is 0 Å². The van der Waals surface area contributed by atoms with Crippen LogP contribution in [0.3, 0.4) is 0 Å². The van der Waals surface area contributed by atoms with Gasteiger partial charge in [0.05, 0.1) is 42.6 Å².